The van der Waals surface area contributed by atoms with Crippen LogP contribution in [0.4, 0.5) is 5.69 Å². The first-order valence-electron chi connectivity index (χ1n) is 11.2. The van der Waals surface area contributed by atoms with E-state index >= 15 is 0 Å². The van der Waals surface area contributed by atoms with Crippen molar-refractivity contribution in [3.8, 4) is 5.75 Å². The molecule has 160 valence electrons. The standard InChI is InChI=1S/C27H30N2O2/c30-27(24-10-7-11-26(20-24)31-21-23-8-3-1-4-9-23)28-25-14-12-22(13-15-25)16-19-29-17-5-2-6-18-29/h1,3-4,7-15,20H,2,5-6,16-19,21H2,(H,28,30). The molecule has 31 heavy (non-hydrogen) atoms. The van der Waals surface area contributed by atoms with Gasteiger partial charge in [0.15, 0.2) is 0 Å². The number of piperidine rings is 1. The fourth-order valence-electron chi connectivity index (χ4n) is 3.90. The number of carbonyl (C=O) groups excluding carboxylic acids is 1. The molecule has 0 saturated carbocycles. The molecule has 3 aromatic rings. The van der Waals surface area contributed by atoms with Crippen molar-refractivity contribution in [1.82, 2.24) is 4.90 Å². The first-order chi connectivity index (χ1) is 15.3. The van der Waals surface area contributed by atoms with Crippen molar-refractivity contribution in [2.24, 2.45) is 0 Å². The molecule has 0 unspecified atom stereocenters. The number of hydrogen-bond acceptors (Lipinski definition) is 3. The molecule has 3 aromatic carbocycles. The fraction of sp³-hybridized carbons (Fsp3) is 0.296. The maximum Gasteiger partial charge on any atom is 0.255 e. The van der Waals surface area contributed by atoms with Crippen molar-refractivity contribution in [1.29, 1.82) is 0 Å². The highest BCUT2D eigenvalue weighted by Crippen LogP contribution is 2.18. The second-order valence-corrected chi connectivity index (χ2v) is 8.11. The molecule has 0 spiro atoms. The molecule has 0 bridgehead atoms. The van der Waals surface area contributed by atoms with Gasteiger partial charge in [0.2, 0.25) is 0 Å². The molecule has 4 nitrogen and oxygen atoms in total. The van der Waals surface area contributed by atoms with Crippen LogP contribution in [0.1, 0.15) is 40.7 Å². The van der Waals surface area contributed by atoms with E-state index in [2.05, 4.69) is 22.3 Å². The van der Waals surface area contributed by atoms with E-state index in [4.69, 9.17) is 4.74 Å². The fourth-order valence-corrected chi connectivity index (χ4v) is 3.90. The number of benzene rings is 3. The number of amides is 1. The average molecular weight is 415 g/mol. The van der Waals surface area contributed by atoms with E-state index in [1.54, 1.807) is 12.1 Å². The zero-order chi connectivity index (χ0) is 21.3. The zero-order valence-corrected chi connectivity index (χ0v) is 17.9. The Morgan fingerprint density at radius 2 is 1.61 bits per heavy atom. The average Bonchev–Trinajstić information content (AvgIpc) is 2.84. The van der Waals surface area contributed by atoms with Gasteiger partial charge in [0, 0.05) is 17.8 Å². The molecule has 1 fully saturated rings. The minimum atomic E-state index is -0.133. The van der Waals surface area contributed by atoms with Gasteiger partial charge in [-0.1, -0.05) is 55.0 Å². The van der Waals surface area contributed by atoms with E-state index < -0.39 is 0 Å². The first-order valence-corrected chi connectivity index (χ1v) is 11.2. The lowest BCUT2D eigenvalue weighted by atomic mass is 10.1. The monoisotopic (exact) mass is 414 g/mol. The Kier molecular flexibility index (Phi) is 7.35. The van der Waals surface area contributed by atoms with Crippen LogP contribution in [0, 0.1) is 0 Å². The van der Waals surface area contributed by atoms with E-state index in [1.165, 1.54) is 37.9 Å². The Balaban J connectivity index is 1.29. The topological polar surface area (TPSA) is 41.6 Å². The molecule has 1 heterocycles. The summed E-state index contributed by atoms with van der Waals surface area (Å²) in [5, 5.41) is 2.99. The summed E-state index contributed by atoms with van der Waals surface area (Å²) in [6.45, 7) is 4.04. The lowest BCUT2D eigenvalue weighted by Gasteiger charge is -2.26. The Morgan fingerprint density at radius 1 is 0.839 bits per heavy atom. The minimum Gasteiger partial charge on any atom is -0.489 e. The largest absolute Gasteiger partial charge is 0.489 e. The Morgan fingerprint density at radius 3 is 2.39 bits per heavy atom. The zero-order valence-electron chi connectivity index (χ0n) is 17.9. The summed E-state index contributed by atoms with van der Waals surface area (Å²) in [6.07, 6.45) is 5.06. The van der Waals surface area contributed by atoms with Gasteiger partial charge in [-0.15, -0.1) is 0 Å². The smallest absolute Gasteiger partial charge is 0.255 e. The van der Waals surface area contributed by atoms with Crippen molar-refractivity contribution in [3.05, 3.63) is 95.6 Å². The molecule has 0 aromatic heterocycles. The maximum absolute atomic E-state index is 12.7. The van der Waals surface area contributed by atoms with Gasteiger partial charge in [0.05, 0.1) is 0 Å². The van der Waals surface area contributed by atoms with Gasteiger partial charge in [-0.3, -0.25) is 4.79 Å². The van der Waals surface area contributed by atoms with Crippen molar-refractivity contribution in [2.45, 2.75) is 32.3 Å². The van der Waals surface area contributed by atoms with Crippen molar-refractivity contribution < 1.29 is 9.53 Å². The van der Waals surface area contributed by atoms with Gasteiger partial charge >= 0.3 is 0 Å². The molecule has 0 aliphatic carbocycles. The third-order valence-electron chi connectivity index (χ3n) is 5.72. The Hall–Kier alpha value is -3.11. The van der Waals surface area contributed by atoms with Crippen LogP contribution in [0.5, 0.6) is 5.75 Å². The molecule has 1 N–H and O–H groups in total. The molecule has 1 aliphatic heterocycles. The van der Waals surface area contributed by atoms with E-state index in [0.717, 1.165) is 24.2 Å². The normalized spacial score (nSPS) is 14.2. The molecule has 0 radical (unpaired) electrons. The van der Waals surface area contributed by atoms with Crippen LogP contribution in [-0.4, -0.2) is 30.4 Å². The van der Waals surface area contributed by atoms with Crippen molar-refractivity contribution in [2.75, 3.05) is 25.0 Å². The summed E-state index contributed by atoms with van der Waals surface area (Å²) in [4.78, 5) is 15.2. The summed E-state index contributed by atoms with van der Waals surface area (Å²) < 4.78 is 5.84. The molecule has 1 saturated heterocycles. The lowest BCUT2D eigenvalue weighted by Crippen LogP contribution is -2.31. The number of carbonyl (C=O) groups is 1. The predicted octanol–water partition coefficient (Wildman–Crippen LogP) is 5.55. The van der Waals surface area contributed by atoms with Crippen LogP contribution in [0.3, 0.4) is 0 Å². The van der Waals surface area contributed by atoms with E-state index in [9.17, 15) is 4.79 Å². The summed E-state index contributed by atoms with van der Waals surface area (Å²) in [6, 6.07) is 25.5. The van der Waals surface area contributed by atoms with E-state index in [1.807, 2.05) is 54.6 Å². The number of rotatable bonds is 8. The second-order valence-electron chi connectivity index (χ2n) is 8.11. The molecular formula is C27H30N2O2. The van der Waals surface area contributed by atoms with Crippen molar-refractivity contribution in [3.63, 3.8) is 0 Å². The van der Waals surface area contributed by atoms with Crippen LogP contribution in [0.2, 0.25) is 0 Å². The molecule has 1 amide bonds. The molecule has 1 aliphatic rings. The van der Waals surface area contributed by atoms with Gasteiger partial charge in [-0.2, -0.15) is 0 Å². The van der Waals surface area contributed by atoms with Crippen LogP contribution in [0.15, 0.2) is 78.9 Å². The van der Waals surface area contributed by atoms with Gasteiger partial charge in [0.1, 0.15) is 12.4 Å². The Bertz CT molecular complexity index is 964. The second kappa shape index (κ2) is 10.8. The van der Waals surface area contributed by atoms with E-state index in [-0.39, 0.29) is 5.91 Å². The number of ether oxygens (including phenoxy) is 1. The Labute approximate surface area is 184 Å². The minimum absolute atomic E-state index is 0.133. The highest BCUT2D eigenvalue weighted by Gasteiger charge is 2.10. The summed E-state index contributed by atoms with van der Waals surface area (Å²) in [7, 11) is 0. The maximum atomic E-state index is 12.7. The summed E-state index contributed by atoms with van der Waals surface area (Å²) >= 11 is 0. The van der Waals surface area contributed by atoms with Crippen LogP contribution in [0.25, 0.3) is 0 Å². The van der Waals surface area contributed by atoms with Crippen LogP contribution >= 0.6 is 0 Å². The number of nitrogens with zero attached hydrogens (tertiary/aromatic N) is 1. The van der Waals surface area contributed by atoms with Crippen LogP contribution < -0.4 is 10.1 Å². The molecule has 4 rings (SSSR count). The third kappa shape index (κ3) is 6.43. The number of anilines is 1. The first kappa shape index (κ1) is 21.1. The predicted molar refractivity (Wildman–Crippen MR) is 126 cm³/mol. The van der Waals surface area contributed by atoms with Gasteiger partial charge < -0.3 is 15.0 Å². The molecule has 0 atom stereocenters. The summed E-state index contributed by atoms with van der Waals surface area (Å²) in [5.74, 6) is 0.552. The number of hydrogen-bond donors (Lipinski definition) is 1. The number of nitrogens with one attached hydrogen (secondary N) is 1. The third-order valence-corrected chi connectivity index (χ3v) is 5.72. The van der Waals surface area contributed by atoms with E-state index in [0.29, 0.717) is 17.9 Å². The molecular weight excluding hydrogens is 384 g/mol. The summed E-state index contributed by atoms with van der Waals surface area (Å²) in [5.41, 5.74) is 3.79. The highest BCUT2D eigenvalue weighted by atomic mass is 16.5. The SMILES string of the molecule is O=C(Nc1ccc(CCN2CCCCC2)cc1)c1cccc(OCc2ccccc2)c1. The van der Waals surface area contributed by atoms with Gasteiger partial charge in [0.25, 0.3) is 5.91 Å². The quantitative estimate of drug-likeness (QED) is 0.526. The highest BCUT2D eigenvalue weighted by molar-refractivity contribution is 6.04. The lowest BCUT2D eigenvalue weighted by molar-refractivity contribution is 0.102. The van der Waals surface area contributed by atoms with Crippen molar-refractivity contribution >= 4 is 11.6 Å². The van der Waals surface area contributed by atoms with Crippen LogP contribution in [-0.2, 0) is 13.0 Å². The van der Waals surface area contributed by atoms with Gasteiger partial charge in [-0.25, -0.2) is 0 Å². The van der Waals surface area contributed by atoms with Gasteiger partial charge in [-0.05, 0) is 73.8 Å². The number of likely N-dealkylation sites (tertiary alicyclic amines) is 1. The molecule has 4 heteroatoms.